The molecule has 8 heteroatoms. The Bertz CT molecular complexity index is 576. The SMILES string of the molecule is CCCCNC(=O)[C@H]1CCCN1c1nnc(N2CCCC2=O)s1. The summed E-state index contributed by atoms with van der Waals surface area (Å²) in [7, 11) is 0. The third-order valence-corrected chi connectivity index (χ3v) is 5.32. The Morgan fingerprint density at radius 2 is 2.13 bits per heavy atom. The van der Waals surface area contributed by atoms with Crippen LogP contribution in [0.2, 0.25) is 0 Å². The summed E-state index contributed by atoms with van der Waals surface area (Å²) < 4.78 is 0. The van der Waals surface area contributed by atoms with Crippen LogP contribution in [-0.2, 0) is 9.59 Å². The quantitative estimate of drug-likeness (QED) is 0.797. The van der Waals surface area contributed by atoms with E-state index in [1.165, 1.54) is 11.3 Å². The van der Waals surface area contributed by atoms with Gasteiger partial charge in [0, 0.05) is 26.1 Å². The Kier molecular flexibility index (Phi) is 5.09. The summed E-state index contributed by atoms with van der Waals surface area (Å²) in [6.45, 7) is 4.36. The fraction of sp³-hybridized carbons (Fsp3) is 0.733. The number of hydrogen-bond donors (Lipinski definition) is 1. The van der Waals surface area contributed by atoms with Crippen LogP contribution >= 0.6 is 11.3 Å². The third-order valence-electron chi connectivity index (χ3n) is 4.34. The van der Waals surface area contributed by atoms with Crippen molar-refractivity contribution in [2.24, 2.45) is 0 Å². The van der Waals surface area contributed by atoms with Gasteiger partial charge in [-0.15, -0.1) is 10.2 Å². The van der Waals surface area contributed by atoms with Crippen LogP contribution in [0.3, 0.4) is 0 Å². The molecule has 2 aliphatic rings. The highest BCUT2D eigenvalue weighted by atomic mass is 32.1. The number of rotatable bonds is 6. The number of nitrogens with one attached hydrogen (secondary N) is 1. The Morgan fingerprint density at radius 3 is 2.87 bits per heavy atom. The van der Waals surface area contributed by atoms with Gasteiger partial charge in [0.15, 0.2) is 0 Å². The second-order valence-electron chi connectivity index (χ2n) is 6.01. The zero-order valence-electron chi connectivity index (χ0n) is 13.5. The number of anilines is 2. The highest BCUT2D eigenvalue weighted by Gasteiger charge is 2.34. The number of carbonyl (C=O) groups excluding carboxylic acids is 2. The normalized spacial score (nSPS) is 21.3. The molecular weight excluding hydrogens is 314 g/mol. The molecule has 0 radical (unpaired) electrons. The molecule has 0 aliphatic carbocycles. The first-order valence-electron chi connectivity index (χ1n) is 8.39. The second kappa shape index (κ2) is 7.25. The summed E-state index contributed by atoms with van der Waals surface area (Å²) in [5.41, 5.74) is 0. The zero-order chi connectivity index (χ0) is 16.2. The van der Waals surface area contributed by atoms with Crippen molar-refractivity contribution < 1.29 is 9.59 Å². The standard InChI is InChI=1S/C15H23N5O2S/c1-2-3-8-16-13(22)11-6-4-9-19(11)14-17-18-15(23-14)20-10-5-7-12(20)21/h11H,2-10H2,1H3,(H,16,22)/t11-/m1/s1. The molecule has 2 saturated heterocycles. The monoisotopic (exact) mass is 337 g/mol. The van der Waals surface area contributed by atoms with Crippen molar-refractivity contribution in [1.29, 1.82) is 0 Å². The van der Waals surface area contributed by atoms with Crippen molar-refractivity contribution in [3.8, 4) is 0 Å². The van der Waals surface area contributed by atoms with Crippen molar-refractivity contribution >= 4 is 33.4 Å². The average molecular weight is 337 g/mol. The fourth-order valence-corrected chi connectivity index (χ4v) is 4.02. The van der Waals surface area contributed by atoms with Crippen LogP contribution in [0.15, 0.2) is 0 Å². The second-order valence-corrected chi connectivity index (χ2v) is 6.95. The molecule has 3 heterocycles. The van der Waals surface area contributed by atoms with Crippen molar-refractivity contribution in [1.82, 2.24) is 15.5 Å². The molecule has 1 aromatic heterocycles. The van der Waals surface area contributed by atoms with Crippen LogP contribution in [0.25, 0.3) is 0 Å². The molecule has 1 aromatic rings. The van der Waals surface area contributed by atoms with Crippen LogP contribution in [0.4, 0.5) is 10.3 Å². The van der Waals surface area contributed by atoms with Crippen LogP contribution in [0.1, 0.15) is 45.4 Å². The van der Waals surface area contributed by atoms with Crippen molar-refractivity contribution in [2.75, 3.05) is 29.4 Å². The number of carbonyl (C=O) groups is 2. The lowest BCUT2D eigenvalue weighted by molar-refractivity contribution is -0.122. The van der Waals surface area contributed by atoms with E-state index in [2.05, 4.69) is 22.4 Å². The smallest absolute Gasteiger partial charge is 0.242 e. The molecule has 2 amide bonds. The first kappa shape index (κ1) is 16.2. The van der Waals surface area contributed by atoms with Gasteiger partial charge in [-0.05, 0) is 25.7 Å². The van der Waals surface area contributed by atoms with Crippen LogP contribution in [0, 0.1) is 0 Å². The van der Waals surface area contributed by atoms with Gasteiger partial charge in [0.05, 0.1) is 0 Å². The largest absolute Gasteiger partial charge is 0.354 e. The van der Waals surface area contributed by atoms with E-state index < -0.39 is 0 Å². The van der Waals surface area contributed by atoms with Crippen molar-refractivity contribution in [3.05, 3.63) is 0 Å². The summed E-state index contributed by atoms with van der Waals surface area (Å²) in [5, 5.41) is 12.8. The third kappa shape index (κ3) is 3.46. The predicted molar refractivity (Wildman–Crippen MR) is 89.8 cm³/mol. The van der Waals surface area contributed by atoms with Gasteiger partial charge in [0.1, 0.15) is 6.04 Å². The minimum absolute atomic E-state index is 0.0740. The van der Waals surface area contributed by atoms with E-state index in [1.807, 2.05) is 4.90 Å². The molecule has 126 valence electrons. The summed E-state index contributed by atoms with van der Waals surface area (Å²) in [6, 6.07) is -0.165. The molecule has 1 atom stereocenters. The number of nitrogens with zero attached hydrogens (tertiary/aromatic N) is 4. The lowest BCUT2D eigenvalue weighted by Gasteiger charge is -2.22. The molecule has 0 bridgehead atoms. The molecule has 7 nitrogen and oxygen atoms in total. The van der Waals surface area contributed by atoms with Gasteiger partial charge >= 0.3 is 0 Å². The minimum atomic E-state index is -0.165. The maximum atomic E-state index is 12.4. The molecule has 2 fully saturated rings. The fourth-order valence-electron chi connectivity index (χ4n) is 3.06. The number of aromatic nitrogens is 2. The molecule has 1 N–H and O–H groups in total. The topological polar surface area (TPSA) is 78.4 Å². The molecular formula is C15H23N5O2S. The summed E-state index contributed by atoms with van der Waals surface area (Å²) in [6.07, 6.45) is 5.34. The average Bonchev–Trinajstić information content (AvgIpc) is 3.26. The number of amides is 2. The van der Waals surface area contributed by atoms with Gasteiger partial charge in [-0.25, -0.2) is 0 Å². The Morgan fingerprint density at radius 1 is 1.30 bits per heavy atom. The van der Waals surface area contributed by atoms with Gasteiger partial charge in [0.25, 0.3) is 0 Å². The van der Waals surface area contributed by atoms with Gasteiger partial charge in [-0.2, -0.15) is 0 Å². The van der Waals surface area contributed by atoms with Gasteiger partial charge < -0.3 is 10.2 Å². The first-order chi connectivity index (χ1) is 11.2. The van der Waals surface area contributed by atoms with Gasteiger partial charge in [-0.3, -0.25) is 14.5 Å². The van der Waals surface area contributed by atoms with Crippen LogP contribution < -0.4 is 15.1 Å². The number of unbranched alkanes of at least 4 members (excludes halogenated alkanes) is 1. The van der Waals surface area contributed by atoms with E-state index in [1.54, 1.807) is 4.90 Å². The maximum absolute atomic E-state index is 12.4. The Labute approximate surface area is 140 Å². The van der Waals surface area contributed by atoms with E-state index in [0.717, 1.165) is 50.3 Å². The zero-order valence-corrected chi connectivity index (χ0v) is 14.3. The van der Waals surface area contributed by atoms with E-state index in [-0.39, 0.29) is 17.9 Å². The highest BCUT2D eigenvalue weighted by Crippen LogP contribution is 2.33. The van der Waals surface area contributed by atoms with Gasteiger partial charge in [-0.1, -0.05) is 24.7 Å². The Balaban J connectivity index is 1.67. The van der Waals surface area contributed by atoms with Crippen molar-refractivity contribution in [3.63, 3.8) is 0 Å². The number of hydrogen-bond acceptors (Lipinski definition) is 6. The van der Waals surface area contributed by atoms with Crippen LogP contribution in [-0.4, -0.2) is 47.7 Å². The lowest BCUT2D eigenvalue weighted by atomic mass is 10.2. The molecule has 0 spiro atoms. The molecule has 2 aliphatic heterocycles. The Hall–Kier alpha value is -1.70. The highest BCUT2D eigenvalue weighted by molar-refractivity contribution is 7.19. The summed E-state index contributed by atoms with van der Waals surface area (Å²) >= 11 is 1.41. The van der Waals surface area contributed by atoms with Gasteiger partial charge in [0.2, 0.25) is 22.1 Å². The maximum Gasteiger partial charge on any atom is 0.242 e. The lowest BCUT2D eigenvalue weighted by Crippen LogP contribution is -2.43. The van der Waals surface area contributed by atoms with E-state index in [9.17, 15) is 9.59 Å². The first-order valence-corrected chi connectivity index (χ1v) is 9.20. The van der Waals surface area contributed by atoms with Crippen LogP contribution in [0.5, 0.6) is 0 Å². The molecule has 3 rings (SSSR count). The van der Waals surface area contributed by atoms with Crippen molar-refractivity contribution in [2.45, 2.75) is 51.5 Å². The molecule has 0 saturated carbocycles. The van der Waals surface area contributed by atoms with E-state index in [0.29, 0.717) is 18.1 Å². The molecule has 0 unspecified atom stereocenters. The summed E-state index contributed by atoms with van der Waals surface area (Å²) in [4.78, 5) is 27.9. The van der Waals surface area contributed by atoms with E-state index in [4.69, 9.17) is 0 Å². The predicted octanol–water partition coefficient (Wildman–Crippen LogP) is 1.55. The summed E-state index contributed by atoms with van der Waals surface area (Å²) in [5.74, 6) is 0.188. The van der Waals surface area contributed by atoms with E-state index >= 15 is 0 Å². The molecule has 0 aromatic carbocycles. The molecule has 23 heavy (non-hydrogen) atoms. The minimum Gasteiger partial charge on any atom is -0.354 e.